The second kappa shape index (κ2) is 5.92. The van der Waals surface area contributed by atoms with Crippen LogP contribution in [-0.4, -0.2) is 12.1 Å². The molecule has 0 aliphatic rings. The van der Waals surface area contributed by atoms with Crippen LogP contribution in [0.4, 0.5) is 11.4 Å². The lowest BCUT2D eigenvalue weighted by atomic mass is 10.1. The van der Waals surface area contributed by atoms with E-state index >= 15 is 0 Å². The predicted molar refractivity (Wildman–Crippen MR) is 88.1 cm³/mol. The number of nitrogens with one attached hydrogen (secondary N) is 1. The van der Waals surface area contributed by atoms with Gasteiger partial charge in [-0.2, -0.15) is 0 Å². The number of rotatable bonds is 4. The zero-order valence-electron chi connectivity index (χ0n) is 11.9. The molecule has 2 aromatic rings. The van der Waals surface area contributed by atoms with Crippen LogP contribution in [0.5, 0.6) is 5.75 Å². The molecule has 0 fully saturated rings. The summed E-state index contributed by atoms with van der Waals surface area (Å²) < 4.78 is 5.21. The maximum atomic E-state index is 5.79. The predicted octanol–water partition coefficient (Wildman–Crippen LogP) is 3.69. The fourth-order valence-corrected chi connectivity index (χ4v) is 2.19. The Bertz CT molecular complexity index is 653. The maximum absolute atomic E-state index is 5.79. The quantitative estimate of drug-likeness (QED) is 0.842. The van der Waals surface area contributed by atoms with Gasteiger partial charge in [-0.15, -0.1) is 0 Å². The summed E-state index contributed by atoms with van der Waals surface area (Å²) in [6, 6.07) is 11.9. The number of anilines is 2. The van der Waals surface area contributed by atoms with E-state index in [1.165, 1.54) is 0 Å². The SMILES string of the molecule is COc1ccc(Nc2ccc(C)cc2C(N)=S)c(C)c1. The zero-order chi connectivity index (χ0) is 14.7. The van der Waals surface area contributed by atoms with Gasteiger partial charge >= 0.3 is 0 Å². The first-order chi connectivity index (χ1) is 9.51. The minimum absolute atomic E-state index is 0.391. The Kier molecular flexibility index (Phi) is 4.25. The third kappa shape index (κ3) is 3.08. The number of aryl methyl sites for hydroxylation is 2. The van der Waals surface area contributed by atoms with Crippen LogP contribution >= 0.6 is 12.2 Å². The second-order valence-electron chi connectivity index (χ2n) is 4.72. The van der Waals surface area contributed by atoms with E-state index in [2.05, 4.69) is 5.32 Å². The molecule has 4 heteroatoms. The summed E-state index contributed by atoms with van der Waals surface area (Å²) in [4.78, 5) is 0.391. The molecule has 0 radical (unpaired) electrons. The molecule has 0 amide bonds. The zero-order valence-corrected chi connectivity index (χ0v) is 12.7. The van der Waals surface area contributed by atoms with E-state index in [1.807, 2.05) is 50.2 Å². The lowest BCUT2D eigenvalue weighted by molar-refractivity contribution is 0.414. The average Bonchev–Trinajstić information content (AvgIpc) is 2.42. The summed E-state index contributed by atoms with van der Waals surface area (Å²) in [5, 5.41) is 3.38. The van der Waals surface area contributed by atoms with E-state index in [0.717, 1.165) is 33.8 Å². The van der Waals surface area contributed by atoms with Gasteiger partial charge < -0.3 is 15.8 Å². The summed E-state index contributed by atoms with van der Waals surface area (Å²) in [6.07, 6.45) is 0. The van der Waals surface area contributed by atoms with Crippen LogP contribution in [0.1, 0.15) is 16.7 Å². The third-order valence-electron chi connectivity index (χ3n) is 3.14. The lowest BCUT2D eigenvalue weighted by Gasteiger charge is -2.14. The Morgan fingerprint density at radius 3 is 2.40 bits per heavy atom. The van der Waals surface area contributed by atoms with Gasteiger partial charge in [-0.1, -0.05) is 23.8 Å². The Balaban J connectivity index is 2.37. The monoisotopic (exact) mass is 286 g/mol. The number of methoxy groups -OCH3 is 1. The van der Waals surface area contributed by atoms with E-state index in [0.29, 0.717) is 4.99 Å². The summed E-state index contributed by atoms with van der Waals surface area (Å²) in [5.74, 6) is 0.839. The number of nitrogens with two attached hydrogens (primary N) is 1. The maximum Gasteiger partial charge on any atom is 0.119 e. The highest BCUT2D eigenvalue weighted by Gasteiger charge is 2.07. The topological polar surface area (TPSA) is 47.3 Å². The largest absolute Gasteiger partial charge is 0.497 e. The van der Waals surface area contributed by atoms with Crippen molar-refractivity contribution in [2.45, 2.75) is 13.8 Å². The first kappa shape index (κ1) is 14.3. The Hall–Kier alpha value is -2.07. The van der Waals surface area contributed by atoms with Gasteiger partial charge in [0.25, 0.3) is 0 Å². The van der Waals surface area contributed by atoms with Crippen molar-refractivity contribution in [2.75, 3.05) is 12.4 Å². The third-order valence-corrected chi connectivity index (χ3v) is 3.36. The molecule has 0 unspecified atom stereocenters. The minimum atomic E-state index is 0.391. The van der Waals surface area contributed by atoms with E-state index < -0.39 is 0 Å². The van der Waals surface area contributed by atoms with E-state index in [1.54, 1.807) is 7.11 Å². The lowest BCUT2D eigenvalue weighted by Crippen LogP contribution is -2.12. The molecular weight excluding hydrogens is 268 g/mol. The van der Waals surface area contributed by atoms with Crippen molar-refractivity contribution in [2.24, 2.45) is 5.73 Å². The standard InChI is InChI=1S/C16H18N2OS/c1-10-4-6-15(13(8-10)16(17)20)18-14-7-5-12(19-3)9-11(14)2/h4-9,18H,1-3H3,(H2,17,20). The second-order valence-corrected chi connectivity index (χ2v) is 5.16. The first-order valence-electron chi connectivity index (χ1n) is 6.33. The van der Waals surface area contributed by atoms with Crippen LogP contribution in [0.3, 0.4) is 0 Å². The van der Waals surface area contributed by atoms with Crippen LogP contribution in [0.25, 0.3) is 0 Å². The number of hydrogen-bond acceptors (Lipinski definition) is 3. The molecule has 20 heavy (non-hydrogen) atoms. The molecule has 0 saturated carbocycles. The summed E-state index contributed by atoms with van der Waals surface area (Å²) in [5.41, 5.74) is 10.8. The molecular formula is C16H18N2OS. The highest BCUT2D eigenvalue weighted by molar-refractivity contribution is 7.80. The summed E-state index contributed by atoms with van der Waals surface area (Å²) in [6.45, 7) is 4.05. The normalized spacial score (nSPS) is 10.2. The molecule has 0 aliphatic carbocycles. The van der Waals surface area contributed by atoms with E-state index in [9.17, 15) is 0 Å². The van der Waals surface area contributed by atoms with Gasteiger partial charge in [-0.05, 0) is 49.7 Å². The van der Waals surface area contributed by atoms with Crippen molar-refractivity contribution in [1.82, 2.24) is 0 Å². The molecule has 0 bridgehead atoms. The molecule has 0 aliphatic heterocycles. The van der Waals surface area contributed by atoms with Crippen molar-refractivity contribution >= 4 is 28.6 Å². The van der Waals surface area contributed by atoms with Gasteiger partial charge in [-0.3, -0.25) is 0 Å². The highest BCUT2D eigenvalue weighted by atomic mass is 32.1. The molecule has 0 spiro atoms. The minimum Gasteiger partial charge on any atom is -0.497 e. The van der Waals surface area contributed by atoms with Gasteiger partial charge in [0.2, 0.25) is 0 Å². The number of benzene rings is 2. The molecule has 0 aromatic heterocycles. The van der Waals surface area contributed by atoms with Crippen molar-refractivity contribution in [1.29, 1.82) is 0 Å². The Morgan fingerprint density at radius 2 is 1.80 bits per heavy atom. The van der Waals surface area contributed by atoms with Crippen LogP contribution in [0, 0.1) is 13.8 Å². The van der Waals surface area contributed by atoms with Gasteiger partial charge in [-0.25, -0.2) is 0 Å². The molecule has 0 saturated heterocycles. The van der Waals surface area contributed by atoms with Crippen molar-refractivity contribution in [3.8, 4) is 5.75 Å². The van der Waals surface area contributed by atoms with Gasteiger partial charge in [0.05, 0.1) is 7.11 Å². The van der Waals surface area contributed by atoms with Crippen LogP contribution in [0.2, 0.25) is 0 Å². The van der Waals surface area contributed by atoms with Crippen molar-refractivity contribution in [3.63, 3.8) is 0 Å². The molecule has 0 atom stereocenters. The Morgan fingerprint density at radius 1 is 1.10 bits per heavy atom. The van der Waals surface area contributed by atoms with Crippen LogP contribution in [0.15, 0.2) is 36.4 Å². The first-order valence-corrected chi connectivity index (χ1v) is 6.74. The fraction of sp³-hybridized carbons (Fsp3) is 0.188. The Labute approximate surface area is 124 Å². The average molecular weight is 286 g/mol. The number of hydrogen-bond donors (Lipinski definition) is 2. The van der Waals surface area contributed by atoms with E-state index in [4.69, 9.17) is 22.7 Å². The number of thiocarbonyl (C=S) groups is 1. The fourth-order valence-electron chi connectivity index (χ4n) is 2.02. The van der Waals surface area contributed by atoms with Crippen molar-refractivity contribution in [3.05, 3.63) is 53.1 Å². The number of ether oxygens (including phenoxy) is 1. The van der Waals surface area contributed by atoms with Crippen LogP contribution in [-0.2, 0) is 0 Å². The molecule has 0 heterocycles. The highest BCUT2D eigenvalue weighted by Crippen LogP contribution is 2.27. The van der Waals surface area contributed by atoms with Gasteiger partial charge in [0.15, 0.2) is 0 Å². The molecule has 3 nitrogen and oxygen atoms in total. The van der Waals surface area contributed by atoms with Gasteiger partial charge in [0, 0.05) is 16.9 Å². The summed E-state index contributed by atoms with van der Waals surface area (Å²) >= 11 is 5.12. The van der Waals surface area contributed by atoms with Crippen molar-refractivity contribution < 1.29 is 4.74 Å². The van der Waals surface area contributed by atoms with Gasteiger partial charge in [0.1, 0.15) is 10.7 Å². The van der Waals surface area contributed by atoms with Crippen LogP contribution < -0.4 is 15.8 Å². The smallest absolute Gasteiger partial charge is 0.119 e. The van der Waals surface area contributed by atoms with E-state index in [-0.39, 0.29) is 0 Å². The summed E-state index contributed by atoms with van der Waals surface area (Å²) in [7, 11) is 1.66. The molecule has 2 rings (SSSR count). The molecule has 104 valence electrons. The molecule has 2 aromatic carbocycles. The molecule has 3 N–H and O–H groups in total.